The smallest absolute Gasteiger partial charge is 0.410 e. The van der Waals surface area contributed by atoms with E-state index in [0.29, 0.717) is 6.42 Å². The number of amides is 1. The van der Waals surface area contributed by atoms with Crippen molar-refractivity contribution in [3.05, 3.63) is 43.0 Å². The Morgan fingerprint density at radius 1 is 1.18 bits per heavy atom. The average Bonchev–Trinajstić information content (AvgIpc) is 3.05. The predicted molar refractivity (Wildman–Crippen MR) is 136 cm³/mol. The van der Waals surface area contributed by atoms with Crippen molar-refractivity contribution in [1.29, 1.82) is 0 Å². The van der Waals surface area contributed by atoms with Crippen LogP contribution in [0.3, 0.4) is 0 Å². The number of nitrogens with zero attached hydrogens (tertiary/aromatic N) is 1. The second-order valence-electron chi connectivity index (χ2n) is 11.4. The maximum absolute atomic E-state index is 14.1. The quantitative estimate of drug-likeness (QED) is 0.353. The molecule has 0 unspecified atom stereocenters. The summed E-state index contributed by atoms with van der Waals surface area (Å²) in [6.07, 6.45) is 1.63. The van der Waals surface area contributed by atoms with Gasteiger partial charge in [0.05, 0.1) is 17.5 Å². The number of ether oxygens (including phenoxy) is 1. The highest BCUT2D eigenvalue weighted by atomic mass is 32.2. The van der Waals surface area contributed by atoms with Gasteiger partial charge in [-0.05, 0) is 63.9 Å². The van der Waals surface area contributed by atoms with Crippen LogP contribution in [-0.4, -0.2) is 57.3 Å². The minimum Gasteiger partial charge on any atom is -0.444 e. The summed E-state index contributed by atoms with van der Waals surface area (Å²) >= 11 is 0. The van der Waals surface area contributed by atoms with Crippen LogP contribution in [0.2, 0.25) is 18.1 Å². The van der Waals surface area contributed by atoms with Gasteiger partial charge in [-0.15, -0.1) is 6.58 Å². The fourth-order valence-electron chi connectivity index (χ4n) is 3.94. The number of sulfone groups is 1. The van der Waals surface area contributed by atoms with Crippen molar-refractivity contribution in [2.45, 2.75) is 93.8 Å². The second kappa shape index (κ2) is 9.54. The summed E-state index contributed by atoms with van der Waals surface area (Å²) in [4.78, 5) is 15.0. The number of allylic oxidation sites excluding steroid dienone is 1. The topological polar surface area (TPSA) is 72.9 Å². The molecule has 0 saturated carbocycles. The van der Waals surface area contributed by atoms with Crippen molar-refractivity contribution in [3.8, 4) is 0 Å². The fourth-order valence-corrected chi connectivity index (χ4v) is 7.18. The standard InChI is InChI=1S/C25H41NO5SSi/c1-10-16-25(32(28,29)20-14-12-11-13-15-20)17-18-26(22(27)31-23(2,3)4)21(25)19-30-33(8,9)24(5,6)7/h10-15,21H,1,16-19H2,2-9H3/t21-,25+/m1/s1. The van der Waals surface area contributed by atoms with Gasteiger partial charge in [0.2, 0.25) is 0 Å². The molecule has 1 fully saturated rings. The molecule has 33 heavy (non-hydrogen) atoms. The molecule has 0 spiro atoms. The molecule has 1 amide bonds. The molecule has 2 rings (SSSR count). The lowest BCUT2D eigenvalue weighted by molar-refractivity contribution is 0.0162. The minimum absolute atomic E-state index is 0.0538. The number of benzene rings is 1. The monoisotopic (exact) mass is 495 g/mol. The lowest BCUT2D eigenvalue weighted by atomic mass is 9.96. The Hall–Kier alpha value is -1.64. The zero-order chi connectivity index (χ0) is 25.3. The Bertz CT molecular complexity index is 947. The van der Waals surface area contributed by atoms with E-state index in [1.54, 1.807) is 62.1 Å². The lowest BCUT2D eigenvalue weighted by Gasteiger charge is -2.41. The van der Waals surface area contributed by atoms with E-state index in [0.717, 1.165) is 0 Å². The molecule has 8 heteroatoms. The number of hydrogen-bond donors (Lipinski definition) is 0. The van der Waals surface area contributed by atoms with Gasteiger partial charge in [-0.25, -0.2) is 13.2 Å². The molecule has 1 aliphatic rings. The number of likely N-dealkylation sites (tertiary alicyclic amines) is 1. The minimum atomic E-state index is -3.81. The van der Waals surface area contributed by atoms with Crippen LogP contribution in [0.25, 0.3) is 0 Å². The molecule has 6 nitrogen and oxygen atoms in total. The summed E-state index contributed by atoms with van der Waals surface area (Å²) in [5.74, 6) is 0. The van der Waals surface area contributed by atoms with Gasteiger partial charge >= 0.3 is 6.09 Å². The van der Waals surface area contributed by atoms with Crippen LogP contribution in [0.1, 0.15) is 54.4 Å². The highest BCUT2D eigenvalue weighted by Crippen LogP contribution is 2.45. The van der Waals surface area contributed by atoms with Gasteiger partial charge in [-0.2, -0.15) is 0 Å². The van der Waals surface area contributed by atoms with Gasteiger partial charge in [0.25, 0.3) is 0 Å². The molecule has 0 bridgehead atoms. The maximum Gasteiger partial charge on any atom is 0.410 e. The number of hydrogen-bond acceptors (Lipinski definition) is 5. The van der Waals surface area contributed by atoms with Gasteiger partial charge < -0.3 is 14.1 Å². The Balaban J connectivity index is 2.58. The summed E-state index contributed by atoms with van der Waals surface area (Å²) in [6, 6.07) is 7.76. The molecule has 186 valence electrons. The molecule has 1 aromatic rings. The van der Waals surface area contributed by atoms with Gasteiger partial charge in [0.1, 0.15) is 10.3 Å². The van der Waals surface area contributed by atoms with Crippen LogP contribution >= 0.6 is 0 Å². The molecule has 1 saturated heterocycles. The molecule has 1 heterocycles. The molecule has 0 aliphatic carbocycles. The summed E-state index contributed by atoms with van der Waals surface area (Å²) in [5.41, 5.74) is -0.691. The second-order valence-corrected chi connectivity index (χ2v) is 18.5. The van der Waals surface area contributed by atoms with E-state index in [1.165, 1.54) is 0 Å². The van der Waals surface area contributed by atoms with E-state index in [4.69, 9.17) is 9.16 Å². The first-order chi connectivity index (χ1) is 15.0. The highest BCUT2D eigenvalue weighted by Gasteiger charge is 2.58. The molecule has 0 N–H and O–H groups in total. The lowest BCUT2D eigenvalue weighted by Crippen LogP contribution is -2.56. The zero-order valence-electron chi connectivity index (χ0n) is 21.5. The van der Waals surface area contributed by atoms with Crippen molar-refractivity contribution < 1.29 is 22.4 Å². The van der Waals surface area contributed by atoms with Gasteiger partial charge in [-0.1, -0.05) is 45.0 Å². The Morgan fingerprint density at radius 2 is 1.76 bits per heavy atom. The zero-order valence-corrected chi connectivity index (χ0v) is 23.3. The van der Waals surface area contributed by atoms with Crippen molar-refractivity contribution >= 4 is 24.2 Å². The molecule has 1 aromatic carbocycles. The van der Waals surface area contributed by atoms with Crippen LogP contribution in [0.15, 0.2) is 47.9 Å². The first kappa shape index (κ1) is 27.6. The van der Waals surface area contributed by atoms with Crippen molar-refractivity contribution in [3.63, 3.8) is 0 Å². The third-order valence-electron chi connectivity index (χ3n) is 6.87. The van der Waals surface area contributed by atoms with E-state index in [-0.39, 0.29) is 29.5 Å². The van der Waals surface area contributed by atoms with Crippen LogP contribution in [-0.2, 0) is 19.0 Å². The third kappa shape index (κ3) is 5.71. The SMILES string of the molecule is C=CC[C@]1(S(=O)(=O)c2ccccc2)CCN(C(=O)OC(C)(C)C)[C@@H]1CO[Si](C)(C)C(C)(C)C. The average molecular weight is 496 g/mol. The Kier molecular flexibility index (Phi) is 7.98. The number of rotatable bonds is 7. The number of carbonyl (C=O) groups excluding carboxylic acids is 1. The molecular formula is C25H41NO5SSi. The Labute approximate surface area is 201 Å². The highest BCUT2D eigenvalue weighted by molar-refractivity contribution is 7.93. The van der Waals surface area contributed by atoms with E-state index in [1.807, 2.05) is 0 Å². The first-order valence-corrected chi connectivity index (χ1v) is 15.9. The normalized spacial score (nSPS) is 22.3. The third-order valence-corrected chi connectivity index (χ3v) is 14.0. The Morgan fingerprint density at radius 3 is 2.24 bits per heavy atom. The van der Waals surface area contributed by atoms with Crippen LogP contribution in [0.5, 0.6) is 0 Å². The summed E-state index contributed by atoms with van der Waals surface area (Å²) in [7, 11) is -6.02. The predicted octanol–water partition coefficient (Wildman–Crippen LogP) is 5.81. The first-order valence-electron chi connectivity index (χ1n) is 11.5. The van der Waals surface area contributed by atoms with E-state index < -0.39 is 40.6 Å². The van der Waals surface area contributed by atoms with Crippen LogP contribution in [0.4, 0.5) is 4.79 Å². The van der Waals surface area contributed by atoms with Gasteiger partial charge in [-0.3, -0.25) is 0 Å². The number of carbonyl (C=O) groups is 1. The van der Waals surface area contributed by atoms with Crippen molar-refractivity contribution in [1.82, 2.24) is 4.90 Å². The maximum atomic E-state index is 14.1. The van der Waals surface area contributed by atoms with E-state index >= 15 is 0 Å². The summed E-state index contributed by atoms with van der Waals surface area (Å²) < 4.78 is 39.1. The van der Waals surface area contributed by atoms with Gasteiger partial charge in [0.15, 0.2) is 18.2 Å². The molecule has 2 atom stereocenters. The summed E-state index contributed by atoms with van der Waals surface area (Å²) in [5, 5.41) is -0.0538. The van der Waals surface area contributed by atoms with Crippen molar-refractivity contribution in [2.24, 2.45) is 0 Å². The molecule has 0 aromatic heterocycles. The summed E-state index contributed by atoms with van der Waals surface area (Å²) in [6.45, 7) is 20.3. The molecule has 1 aliphatic heterocycles. The van der Waals surface area contributed by atoms with Crippen molar-refractivity contribution in [2.75, 3.05) is 13.2 Å². The largest absolute Gasteiger partial charge is 0.444 e. The van der Waals surface area contributed by atoms with E-state index in [9.17, 15) is 13.2 Å². The molecular weight excluding hydrogens is 454 g/mol. The fraction of sp³-hybridized carbons (Fsp3) is 0.640. The molecule has 0 radical (unpaired) electrons. The van der Waals surface area contributed by atoms with E-state index in [2.05, 4.69) is 40.4 Å². The van der Waals surface area contributed by atoms with Crippen LogP contribution in [0, 0.1) is 0 Å². The van der Waals surface area contributed by atoms with Gasteiger partial charge in [0, 0.05) is 6.54 Å². The van der Waals surface area contributed by atoms with Crippen LogP contribution < -0.4 is 0 Å².